The quantitative estimate of drug-likeness (QED) is 0.502. The second-order valence-corrected chi connectivity index (χ2v) is 2.67. The van der Waals surface area contributed by atoms with Gasteiger partial charge in [0.15, 0.2) is 0 Å². The van der Waals surface area contributed by atoms with Crippen molar-refractivity contribution in [1.29, 1.82) is 0 Å². The molecule has 1 rings (SSSR count). The van der Waals surface area contributed by atoms with Gasteiger partial charge in [-0.3, -0.25) is 0 Å². The Balaban J connectivity index is 2.59. The average molecular weight is 188 g/mol. The third-order valence-electron chi connectivity index (χ3n) is 0.458. The van der Waals surface area contributed by atoms with Gasteiger partial charge in [0.1, 0.15) is 0 Å². The Morgan fingerprint density at radius 2 is 2.83 bits per heavy atom. The first-order valence-corrected chi connectivity index (χ1v) is 3.39. The molecule has 0 aliphatic carbocycles. The van der Waals surface area contributed by atoms with Crippen molar-refractivity contribution < 1.29 is 17.9 Å². The first-order chi connectivity index (χ1) is 2.89. The molecule has 0 atom stereocenters. The fourth-order valence-electron chi connectivity index (χ4n) is 0.232. The minimum atomic E-state index is 1.05. The van der Waals surface area contributed by atoms with E-state index >= 15 is 0 Å². The molecule has 3 heteroatoms. The Labute approximate surface area is 50.4 Å². The van der Waals surface area contributed by atoms with E-state index < -0.39 is 0 Å². The third-order valence-corrected chi connectivity index (χ3v) is 2.03. The van der Waals surface area contributed by atoms with Gasteiger partial charge < -0.3 is 0 Å². The SMILES string of the molecule is [Rh]=[C]1CSC=N1. The summed E-state index contributed by atoms with van der Waals surface area (Å²) in [7, 11) is 0. The number of hydrogen-bond acceptors (Lipinski definition) is 2. The molecule has 0 aromatic rings. The van der Waals surface area contributed by atoms with Crippen LogP contribution in [-0.4, -0.2) is 15.5 Å². The molecule has 0 fully saturated rings. The van der Waals surface area contributed by atoms with Crippen molar-refractivity contribution >= 4 is 21.5 Å². The minimum absolute atomic E-state index is 1.05. The summed E-state index contributed by atoms with van der Waals surface area (Å²) >= 11 is 4.47. The summed E-state index contributed by atoms with van der Waals surface area (Å²) in [5, 5.41) is 0. The fourth-order valence-corrected chi connectivity index (χ4v) is 1.36. The van der Waals surface area contributed by atoms with E-state index in [0.29, 0.717) is 0 Å². The van der Waals surface area contributed by atoms with Gasteiger partial charge in [-0.1, -0.05) is 0 Å². The molecule has 0 aromatic carbocycles. The standard InChI is InChI=1S/C3H3NS.Rh/c1-2-5-3-4-1;/h3H,2H2;. The van der Waals surface area contributed by atoms with E-state index in [1.54, 1.807) is 11.8 Å². The van der Waals surface area contributed by atoms with Crippen molar-refractivity contribution in [2.75, 3.05) is 5.75 Å². The molecule has 0 N–H and O–H groups in total. The van der Waals surface area contributed by atoms with Gasteiger partial charge in [-0.05, 0) is 0 Å². The molecule has 0 aromatic heterocycles. The van der Waals surface area contributed by atoms with Gasteiger partial charge in [0.2, 0.25) is 0 Å². The van der Waals surface area contributed by atoms with Crippen LogP contribution in [0, 0.1) is 0 Å². The summed E-state index contributed by atoms with van der Waals surface area (Å²) in [6.07, 6.45) is 0. The van der Waals surface area contributed by atoms with Gasteiger partial charge in [-0.2, -0.15) is 0 Å². The van der Waals surface area contributed by atoms with Gasteiger partial charge in [0.05, 0.1) is 0 Å². The Kier molecular flexibility index (Phi) is 1.55. The summed E-state index contributed by atoms with van der Waals surface area (Å²) in [5.41, 5.74) is 1.86. The van der Waals surface area contributed by atoms with Crippen molar-refractivity contribution in [3.05, 3.63) is 0 Å². The van der Waals surface area contributed by atoms with E-state index in [2.05, 4.69) is 22.8 Å². The zero-order valence-electron chi connectivity index (χ0n) is 2.97. The molecule has 1 nitrogen and oxygen atoms in total. The molecule has 0 spiro atoms. The predicted octanol–water partition coefficient (Wildman–Crippen LogP) is 0.438. The topological polar surface area (TPSA) is 12.4 Å². The third kappa shape index (κ3) is 0.987. The van der Waals surface area contributed by atoms with Crippen LogP contribution >= 0.6 is 11.8 Å². The summed E-state index contributed by atoms with van der Waals surface area (Å²) in [5.74, 6) is 1.05. The monoisotopic (exact) mass is 188 g/mol. The number of aliphatic imine (C=N–C) groups is 1. The Hall–Kier alpha value is 0.513. The Bertz CT molecular complexity index is 99.0. The van der Waals surface area contributed by atoms with Crippen LogP contribution in [0.3, 0.4) is 0 Å². The number of thioether (sulfide) groups is 1. The Morgan fingerprint density at radius 3 is 3.00 bits per heavy atom. The van der Waals surface area contributed by atoms with Crippen LogP contribution in [0.1, 0.15) is 0 Å². The predicted molar refractivity (Wildman–Crippen MR) is 26.0 cm³/mol. The summed E-state index contributed by atoms with van der Waals surface area (Å²) in [6, 6.07) is 0. The molecule has 6 heavy (non-hydrogen) atoms. The molecule has 1 heterocycles. The van der Waals surface area contributed by atoms with Crippen LogP contribution in [0.15, 0.2) is 4.99 Å². The van der Waals surface area contributed by atoms with Crippen molar-refractivity contribution in [2.45, 2.75) is 0 Å². The zero-order valence-corrected chi connectivity index (χ0v) is 5.43. The van der Waals surface area contributed by atoms with Crippen LogP contribution in [0.4, 0.5) is 0 Å². The van der Waals surface area contributed by atoms with E-state index in [9.17, 15) is 0 Å². The molecule has 1 aliphatic rings. The molecule has 0 radical (unpaired) electrons. The van der Waals surface area contributed by atoms with E-state index in [4.69, 9.17) is 0 Å². The van der Waals surface area contributed by atoms with Crippen molar-refractivity contribution in [1.82, 2.24) is 0 Å². The van der Waals surface area contributed by atoms with Gasteiger partial charge in [0, 0.05) is 0 Å². The molecular weight excluding hydrogens is 185 g/mol. The Morgan fingerprint density at radius 1 is 2.00 bits per heavy atom. The van der Waals surface area contributed by atoms with Crippen molar-refractivity contribution in [3.8, 4) is 0 Å². The zero-order chi connectivity index (χ0) is 4.41. The van der Waals surface area contributed by atoms with Gasteiger partial charge in [-0.25, -0.2) is 0 Å². The van der Waals surface area contributed by atoms with Crippen LogP contribution < -0.4 is 0 Å². The van der Waals surface area contributed by atoms with Gasteiger partial charge in [-0.15, -0.1) is 0 Å². The summed E-state index contributed by atoms with van der Waals surface area (Å²) in [4.78, 5) is 3.94. The maximum absolute atomic E-state index is 3.94. The molecular formula is C3H3NRhS. The van der Waals surface area contributed by atoms with E-state index in [-0.39, 0.29) is 0 Å². The van der Waals surface area contributed by atoms with Crippen LogP contribution in [0.5, 0.6) is 0 Å². The molecule has 1 aliphatic heterocycles. The normalized spacial score (nSPS) is 19.8. The second-order valence-electron chi connectivity index (χ2n) is 0.896. The molecule has 0 amide bonds. The first-order valence-electron chi connectivity index (χ1n) is 1.53. The second kappa shape index (κ2) is 1.99. The maximum atomic E-state index is 3.94. The summed E-state index contributed by atoms with van der Waals surface area (Å²) < 4.78 is 1.13. The summed E-state index contributed by atoms with van der Waals surface area (Å²) in [6.45, 7) is 0. The number of nitrogens with zero attached hydrogens (tertiary/aromatic N) is 1. The van der Waals surface area contributed by atoms with Gasteiger partial charge >= 0.3 is 50.1 Å². The number of rotatable bonds is 0. The molecule has 0 saturated carbocycles. The van der Waals surface area contributed by atoms with Crippen LogP contribution in [0.25, 0.3) is 0 Å². The molecule has 0 unspecified atom stereocenters. The molecule has 35 valence electrons. The first kappa shape index (κ1) is 4.67. The van der Waals surface area contributed by atoms with E-state index in [1.165, 1.54) is 0 Å². The van der Waals surface area contributed by atoms with Crippen LogP contribution in [0.2, 0.25) is 0 Å². The van der Waals surface area contributed by atoms with Crippen molar-refractivity contribution in [2.24, 2.45) is 4.99 Å². The molecule has 0 saturated heterocycles. The average Bonchev–Trinajstić information content (AvgIpc) is 1.86. The van der Waals surface area contributed by atoms with E-state index in [0.717, 1.165) is 9.98 Å². The van der Waals surface area contributed by atoms with Gasteiger partial charge in [0.25, 0.3) is 0 Å². The fraction of sp³-hybridized carbons (Fsp3) is 0.333. The molecule has 0 bridgehead atoms. The van der Waals surface area contributed by atoms with Crippen molar-refractivity contribution in [3.63, 3.8) is 0 Å². The van der Waals surface area contributed by atoms with Crippen LogP contribution in [-0.2, 0) is 17.9 Å². The number of hydrogen-bond donors (Lipinski definition) is 0. The van der Waals surface area contributed by atoms with E-state index in [1.807, 2.05) is 5.55 Å².